The van der Waals surface area contributed by atoms with Crippen LogP contribution in [-0.2, 0) is 0 Å². The van der Waals surface area contributed by atoms with Crippen molar-refractivity contribution in [3.05, 3.63) is 0 Å². The van der Waals surface area contributed by atoms with Crippen LogP contribution in [0.1, 0.15) is 26.2 Å². The highest BCUT2D eigenvalue weighted by molar-refractivity contribution is 7.78. The largest absolute Gasteiger partial charge is 0.464 e. The molecule has 10 heavy (non-hydrogen) atoms. The van der Waals surface area contributed by atoms with E-state index >= 15 is 0 Å². The van der Waals surface area contributed by atoms with E-state index in [4.69, 9.17) is 5.11 Å². The summed E-state index contributed by atoms with van der Waals surface area (Å²) in [6.45, 7) is 2.59. The second-order valence-corrected chi connectivity index (χ2v) is 2.60. The highest BCUT2D eigenvalue weighted by atomic mass is 32.1. The van der Waals surface area contributed by atoms with Crippen LogP contribution in [0.5, 0.6) is 0 Å². The van der Waals surface area contributed by atoms with E-state index in [2.05, 4.69) is 19.7 Å². The summed E-state index contributed by atoms with van der Waals surface area (Å²) in [5.74, 6) is 0. The van der Waals surface area contributed by atoms with Crippen molar-refractivity contribution in [1.82, 2.24) is 4.31 Å². The van der Waals surface area contributed by atoms with Gasteiger partial charge in [-0.25, -0.2) is 4.79 Å². The van der Waals surface area contributed by atoms with Crippen LogP contribution >= 0.6 is 12.8 Å². The molecule has 1 N–H and O–H groups in total. The summed E-state index contributed by atoms with van der Waals surface area (Å²) >= 11 is 3.73. The van der Waals surface area contributed by atoms with Crippen molar-refractivity contribution < 1.29 is 9.90 Å². The van der Waals surface area contributed by atoms with Crippen LogP contribution in [0, 0.1) is 0 Å². The monoisotopic (exact) mass is 163 g/mol. The Morgan fingerprint density at radius 2 is 2.20 bits per heavy atom. The first-order chi connectivity index (χ1) is 4.68. The molecule has 0 fully saturated rings. The molecule has 0 atom stereocenters. The van der Waals surface area contributed by atoms with Crippen molar-refractivity contribution in [3.63, 3.8) is 0 Å². The summed E-state index contributed by atoms with van der Waals surface area (Å²) < 4.78 is 1.01. The smallest absolute Gasteiger partial charge is 0.417 e. The molecule has 4 heteroatoms. The molecule has 0 aromatic rings. The Morgan fingerprint density at radius 3 is 2.60 bits per heavy atom. The number of thiol groups is 1. The Morgan fingerprint density at radius 1 is 1.60 bits per heavy atom. The summed E-state index contributed by atoms with van der Waals surface area (Å²) in [5, 5.41) is 8.33. The third kappa shape index (κ3) is 4.49. The van der Waals surface area contributed by atoms with Crippen molar-refractivity contribution >= 4 is 18.9 Å². The van der Waals surface area contributed by atoms with Crippen LogP contribution in [0.15, 0.2) is 0 Å². The van der Waals surface area contributed by atoms with Crippen molar-refractivity contribution in [2.24, 2.45) is 0 Å². The second-order valence-electron chi connectivity index (χ2n) is 2.11. The van der Waals surface area contributed by atoms with Crippen molar-refractivity contribution in [2.75, 3.05) is 6.54 Å². The van der Waals surface area contributed by atoms with Gasteiger partial charge in [-0.15, -0.1) is 0 Å². The fourth-order valence-corrected chi connectivity index (χ4v) is 0.749. The van der Waals surface area contributed by atoms with Gasteiger partial charge in [0.2, 0.25) is 0 Å². The maximum Gasteiger partial charge on any atom is 0.417 e. The molecule has 0 unspecified atom stereocenters. The third-order valence-electron chi connectivity index (χ3n) is 1.19. The number of carboxylic acid groups (broad SMARTS) is 1. The Labute approximate surface area is 66.6 Å². The molecule has 0 aliphatic rings. The molecule has 3 nitrogen and oxygen atoms in total. The number of rotatable bonds is 4. The lowest BCUT2D eigenvalue weighted by atomic mass is 10.2. The molecule has 0 aliphatic carbocycles. The summed E-state index contributed by atoms with van der Waals surface area (Å²) in [7, 11) is 0. The van der Waals surface area contributed by atoms with Gasteiger partial charge in [0.1, 0.15) is 0 Å². The maximum atomic E-state index is 10.1. The lowest BCUT2D eigenvalue weighted by molar-refractivity contribution is 0.175. The van der Waals surface area contributed by atoms with Crippen LogP contribution in [0.4, 0.5) is 4.79 Å². The highest BCUT2D eigenvalue weighted by Gasteiger charge is 2.03. The zero-order valence-electron chi connectivity index (χ0n) is 6.08. The molecule has 0 saturated heterocycles. The predicted octanol–water partition coefficient (Wildman–Crippen LogP) is 2.00. The number of hydrogen-bond acceptors (Lipinski definition) is 2. The summed E-state index contributed by atoms with van der Waals surface area (Å²) in [6, 6.07) is 0. The van der Waals surface area contributed by atoms with Gasteiger partial charge in [0.15, 0.2) is 0 Å². The van der Waals surface area contributed by atoms with Crippen molar-refractivity contribution in [1.29, 1.82) is 0 Å². The number of amides is 1. The zero-order valence-corrected chi connectivity index (χ0v) is 6.97. The molecule has 0 aliphatic heterocycles. The fourth-order valence-electron chi connectivity index (χ4n) is 0.607. The van der Waals surface area contributed by atoms with Crippen LogP contribution in [-0.4, -0.2) is 22.0 Å². The van der Waals surface area contributed by atoms with Gasteiger partial charge in [0.25, 0.3) is 0 Å². The number of carbonyl (C=O) groups is 1. The van der Waals surface area contributed by atoms with E-state index in [1.807, 2.05) is 0 Å². The first-order valence-electron chi connectivity index (χ1n) is 3.37. The Balaban J connectivity index is 3.21. The minimum atomic E-state index is -0.973. The van der Waals surface area contributed by atoms with E-state index < -0.39 is 6.09 Å². The lowest BCUT2D eigenvalue weighted by Gasteiger charge is -2.09. The maximum absolute atomic E-state index is 10.1. The van der Waals surface area contributed by atoms with Gasteiger partial charge >= 0.3 is 6.09 Å². The molecule has 0 radical (unpaired) electrons. The van der Waals surface area contributed by atoms with Gasteiger partial charge in [0, 0.05) is 6.54 Å². The van der Waals surface area contributed by atoms with Gasteiger partial charge in [-0.1, -0.05) is 32.6 Å². The average Bonchev–Trinajstić information content (AvgIpc) is 1.88. The second kappa shape index (κ2) is 5.41. The summed E-state index contributed by atoms with van der Waals surface area (Å²) in [4.78, 5) is 10.1. The Bertz CT molecular complexity index is 108. The molecule has 0 bridgehead atoms. The van der Waals surface area contributed by atoms with E-state index in [9.17, 15) is 4.79 Å². The van der Waals surface area contributed by atoms with Crippen molar-refractivity contribution in [3.8, 4) is 0 Å². The minimum absolute atomic E-state index is 0.520. The quantitative estimate of drug-likeness (QED) is 0.491. The Hall–Kier alpha value is -0.380. The molecule has 0 heterocycles. The fraction of sp³-hybridized carbons (Fsp3) is 0.833. The first kappa shape index (κ1) is 9.62. The molecule has 0 saturated carbocycles. The van der Waals surface area contributed by atoms with Gasteiger partial charge < -0.3 is 5.11 Å². The first-order valence-corrected chi connectivity index (χ1v) is 3.77. The SMILES string of the molecule is CCCCCN(S)C(=O)O. The van der Waals surface area contributed by atoms with E-state index in [1.165, 1.54) is 0 Å². The summed E-state index contributed by atoms with van der Waals surface area (Å²) in [6.07, 6.45) is 2.08. The average molecular weight is 163 g/mol. The van der Waals surface area contributed by atoms with E-state index in [1.54, 1.807) is 0 Å². The molecular weight excluding hydrogens is 150 g/mol. The van der Waals surface area contributed by atoms with Gasteiger partial charge in [-0.05, 0) is 6.42 Å². The van der Waals surface area contributed by atoms with Crippen LogP contribution in [0.2, 0.25) is 0 Å². The topological polar surface area (TPSA) is 40.5 Å². The molecule has 60 valence electrons. The standard InChI is InChI=1S/C6H13NO2S/c1-2-3-4-5-7(10)6(8)9/h10H,2-5H2,1H3,(H,8,9). The van der Waals surface area contributed by atoms with Gasteiger partial charge in [-0.3, -0.25) is 4.31 Å². The normalized spacial score (nSPS) is 9.40. The predicted molar refractivity (Wildman–Crippen MR) is 43.2 cm³/mol. The highest BCUT2D eigenvalue weighted by Crippen LogP contribution is 2.00. The molecule has 0 aromatic carbocycles. The minimum Gasteiger partial charge on any atom is -0.464 e. The molecule has 0 spiro atoms. The van der Waals surface area contributed by atoms with Gasteiger partial charge in [-0.2, -0.15) is 0 Å². The number of unbranched alkanes of at least 4 members (excludes halogenated alkanes) is 2. The number of nitrogens with zero attached hydrogens (tertiary/aromatic N) is 1. The lowest BCUT2D eigenvalue weighted by Crippen LogP contribution is -2.20. The van der Waals surface area contributed by atoms with Crippen LogP contribution < -0.4 is 0 Å². The van der Waals surface area contributed by atoms with E-state index in [-0.39, 0.29) is 0 Å². The van der Waals surface area contributed by atoms with E-state index in [0.717, 1.165) is 23.6 Å². The Kier molecular flexibility index (Phi) is 5.20. The summed E-state index contributed by atoms with van der Waals surface area (Å²) in [5.41, 5.74) is 0. The van der Waals surface area contributed by atoms with Crippen molar-refractivity contribution in [2.45, 2.75) is 26.2 Å². The molecule has 1 amide bonds. The third-order valence-corrected chi connectivity index (χ3v) is 1.57. The molecular formula is C6H13NO2S. The molecule has 0 aromatic heterocycles. The van der Waals surface area contributed by atoms with Crippen LogP contribution in [0.25, 0.3) is 0 Å². The van der Waals surface area contributed by atoms with Crippen LogP contribution in [0.3, 0.4) is 0 Å². The van der Waals surface area contributed by atoms with E-state index in [0.29, 0.717) is 6.54 Å². The molecule has 0 rings (SSSR count). The zero-order chi connectivity index (χ0) is 7.98. The van der Waals surface area contributed by atoms with Gasteiger partial charge in [0.05, 0.1) is 0 Å². The number of hydrogen-bond donors (Lipinski definition) is 2.